The summed E-state index contributed by atoms with van der Waals surface area (Å²) in [5.41, 5.74) is 0. The summed E-state index contributed by atoms with van der Waals surface area (Å²) in [7, 11) is 0. The van der Waals surface area contributed by atoms with Crippen molar-refractivity contribution in [3.63, 3.8) is 0 Å². The van der Waals surface area contributed by atoms with Crippen LogP contribution in [0.15, 0.2) is 12.2 Å². The van der Waals surface area contributed by atoms with Crippen molar-refractivity contribution in [2.45, 2.75) is 6.42 Å². The molecule has 0 aromatic carbocycles. The van der Waals surface area contributed by atoms with E-state index in [-0.39, 0.29) is 0 Å². The molecule has 10 heavy (non-hydrogen) atoms. The van der Waals surface area contributed by atoms with Gasteiger partial charge < -0.3 is 5.32 Å². The van der Waals surface area contributed by atoms with Gasteiger partial charge >= 0.3 is 0 Å². The highest BCUT2D eigenvalue weighted by Gasteiger charge is 1.79. The van der Waals surface area contributed by atoms with E-state index in [9.17, 15) is 0 Å². The monoisotopic (exact) mass is 131 g/mol. The molecule has 1 heteroatoms. The van der Waals surface area contributed by atoms with Crippen molar-refractivity contribution in [3.8, 4) is 23.7 Å². The fourth-order valence-electron chi connectivity index (χ4n) is 0.626. The van der Waals surface area contributed by atoms with Crippen molar-refractivity contribution in [2.75, 3.05) is 13.1 Å². The molecule has 1 nitrogen and oxygen atoms in total. The average molecular weight is 131 g/mol. The molecule has 0 aromatic heterocycles. The largest absolute Gasteiger partial charge is 0.305 e. The van der Waals surface area contributed by atoms with Crippen LogP contribution >= 0.6 is 0 Å². The van der Waals surface area contributed by atoms with Gasteiger partial charge in [0, 0.05) is 13.0 Å². The molecule has 50 valence electrons. The van der Waals surface area contributed by atoms with E-state index in [0.717, 1.165) is 19.5 Å². The SMILES string of the molecule is C1#CCCNCC#C/C=C/1. The Labute approximate surface area is 61.5 Å². The van der Waals surface area contributed by atoms with Crippen molar-refractivity contribution in [1.82, 2.24) is 5.32 Å². The summed E-state index contributed by atoms with van der Waals surface area (Å²) in [5.74, 6) is 11.7. The van der Waals surface area contributed by atoms with Crippen LogP contribution in [0.3, 0.4) is 0 Å². The maximum absolute atomic E-state index is 3.14. The standard InChI is InChI=1S/C9H9N/c1-2-4-6-8-10-9-7-5-3-1/h1-2,10H,7-9H2/b2-1+. The van der Waals surface area contributed by atoms with E-state index < -0.39 is 0 Å². The first-order chi connectivity index (χ1) is 5.00. The van der Waals surface area contributed by atoms with Gasteiger partial charge in [-0.15, -0.1) is 0 Å². The van der Waals surface area contributed by atoms with Gasteiger partial charge in [0.1, 0.15) is 0 Å². The minimum atomic E-state index is 0.770. The zero-order valence-corrected chi connectivity index (χ0v) is 5.78. The van der Waals surface area contributed by atoms with Crippen LogP contribution in [-0.2, 0) is 0 Å². The molecular weight excluding hydrogens is 122 g/mol. The predicted molar refractivity (Wildman–Crippen MR) is 42.2 cm³/mol. The Morgan fingerprint density at radius 2 is 1.90 bits per heavy atom. The third-order valence-corrected chi connectivity index (χ3v) is 1.09. The van der Waals surface area contributed by atoms with Crippen LogP contribution < -0.4 is 5.32 Å². The molecule has 0 aliphatic carbocycles. The summed E-state index contributed by atoms with van der Waals surface area (Å²) in [6, 6.07) is 0. The second-order valence-corrected chi connectivity index (χ2v) is 1.90. The van der Waals surface area contributed by atoms with Gasteiger partial charge in [-0.05, 0) is 12.2 Å². The third-order valence-electron chi connectivity index (χ3n) is 1.09. The maximum Gasteiger partial charge on any atom is 0.0580 e. The van der Waals surface area contributed by atoms with E-state index in [4.69, 9.17) is 0 Å². The van der Waals surface area contributed by atoms with Crippen molar-refractivity contribution in [2.24, 2.45) is 0 Å². The summed E-state index contributed by atoms with van der Waals surface area (Å²) >= 11 is 0. The molecule has 0 fully saturated rings. The molecule has 0 saturated carbocycles. The number of nitrogens with one attached hydrogen (secondary N) is 1. The van der Waals surface area contributed by atoms with Crippen molar-refractivity contribution in [3.05, 3.63) is 12.2 Å². The first-order valence-corrected chi connectivity index (χ1v) is 3.32. The van der Waals surface area contributed by atoms with Crippen LogP contribution in [0.4, 0.5) is 0 Å². The first kappa shape index (κ1) is 6.93. The van der Waals surface area contributed by atoms with Crippen LogP contribution in [0.25, 0.3) is 0 Å². The average Bonchev–Trinajstić information content (AvgIpc) is 2.01. The summed E-state index contributed by atoms with van der Waals surface area (Å²) in [4.78, 5) is 0. The molecule has 1 aliphatic rings. The number of hydrogen-bond donors (Lipinski definition) is 1. The minimum Gasteiger partial charge on any atom is -0.305 e. The number of rotatable bonds is 0. The summed E-state index contributed by atoms with van der Waals surface area (Å²) in [5, 5.41) is 3.14. The lowest BCUT2D eigenvalue weighted by molar-refractivity contribution is 0.774. The zero-order valence-electron chi connectivity index (χ0n) is 5.78. The van der Waals surface area contributed by atoms with Gasteiger partial charge in [-0.2, -0.15) is 0 Å². The van der Waals surface area contributed by atoms with Gasteiger partial charge in [-0.3, -0.25) is 0 Å². The number of hydrogen-bond acceptors (Lipinski definition) is 1. The van der Waals surface area contributed by atoms with Crippen molar-refractivity contribution < 1.29 is 0 Å². The van der Waals surface area contributed by atoms with Crippen LogP contribution in [-0.4, -0.2) is 13.1 Å². The Balaban J connectivity index is 2.51. The van der Waals surface area contributed by atoms with Gasteiger partial charge in [-0.25, -0.2) is 0 Å². The van der Waals surface area contributed by atoms with Crippen LogP contribution in [0.2, 0.25) is 0 Å². The third kappa shape index (κ3) is 2.97. The molecule has 1 rings (SSSR count). The second kappa shape index (κ2) is 4.68. The number of allylic oxidation sites excluding steroid dienone is 2. The van der Waals surface area contributed by atoms with Gasteiger partial charge in [0.05, 0.1) is 6.54 Å². The van der Waals surface area contributed by atoms with Crippen LogP contribution in [0.1, 0.15) is 6.42 Å². The highest BCUT2D eigenvalue weighted by atomic mass is 14.8. The van der Waals surface area contributed by atoms with Gasteiger partial charge in [-0.1, -0.05) is 23.7 Å². The topological polar surface area (TPSA) is 12.0 Å². The summed E-state index contributed by atoms with van der Waals surface area (Å²) in [6.07, 6.45) is 4.48. The smallest absolute Gasteiger partial charge is 0.0580 e. The molecule has 0 saturated heterocycles. The van der Waals surface area contributed by atoms with Crippen LogP contribution in [0, 0.1) is 23.7 Å². The van der Waals surface area contributed by atoms with Gasteiger partial charge in [0.15, 0.2) is 0 Å². The van der Waals surface area contributed by atoms with Gasteiger partial charge in [0.25, 0.3) is 0 Å². The molecule has 0 radical (unpaired) electrons. The van der Waals surface area contributed by atoms with E-state index in [1.54, 1.807) is 12.2 Å². The van der Waals surface area contributed by atoms with E-state index in [1.807, 2.05) is 0 Å². The van der Waals surface area contributed by atoms with E-state index in [2.05, 4.69) is 29.0 Å². The lowest BCUT2D eigenvalue weighted by Gasteiger charge is -1.93. The quantitative estimate of drug-likeness (QED) is 0.473. The van der Waals surface area contributed by atoms with Crippen molar-refractivity contribution in [1.29, 1.82) is 0 Å². The fraction of sp³-hybridized carbons (Fsp3) is 0.333. The Hall–Kier alpha value is -1.18. The summed E-state index contributed by atoms with van der Waals surface area (Å²) in [6.45, 7) is 1.71. The Morgan fingerprint density at radius 1 is 1.10 bits per heavy atom. The molecule has 1 N–H and O–H groups in total. The maximum atomic E-state index is 3.14. The Kier molecular flexibility index (Phi) is 3.24. The normalized spacial score (nSPS) is 19.2. The van der Waals surface area contributed by atoms with E-state index in [0.29, 0.717) is 0 Å². The lowest BCUT2D eigenvalue weighted by Crippen LogP contribution is -2.14. The summed E-state index contributed by atoms with van der Waals surface area (Å²) < 4.78 is 0. The molecule has 0 aromatic rings. The van der Waals surface area contributed by atoms with Gasteiger partial charge in [0.2, 0.25) is 0 Å². The molecular formula is C9H9N. The molecule has 1 aliphatic heterocycles. The van der Waals surface area contributed by atoms with E-state index >= 15 is 0 Å². The fourth-order valence-corrected chi connectivity index (χ4v) is 0.626. The highest BCUT2D eigenvalue weighted by molar-refractivity contribution is 5.25. The molecule has 0 bridgehead atoms. The minimum absolute atomic E-state index is 0.770. The Bertz CT molecular complexity index is 203. The lowest BCUT2D eigenvalue weighted by atomic mass is 10.3. The molecule has 1 heterocycles. The highest BCUT2D eigenvalue weighted by Crippen LogP contribution is 1.75. The Morgan fingerprint density at radius 3 is 2.80 bits per heavy atom. The second-order valence-electron chi connectivity index (χ2n) is 1.90. The molecule has 0 atom stereocenters. The first-order valence-electron chi connectivity index (χ1n) is 3.32. The van der Waals surface area contributed by atoms with E-state index in [1.165, 1.54) is 0 Å². The predicted octanol–water partition coefficient (Wildman–Crippen LogP) is 0.543. The zero-order chi connectivity index (χ0) is 7.07. The molecule has 0 unspecified atom stereocenters. The molecule has 0 spiro atoms. The van der Waals surface area contributed by atoms with Crippen molar-refractivity contribution >= 4 is 0 Å². The van der Waals surface area contributed by atoms with Crippen LogP contribution in [0.5, 0.6) is 0 Å². The molecule has 0 amide bonds.